The first-order valence-electron chi connectivity index (χ1n) is 11.9. The fourth-order valence-corrected chi connectivity index (χ4v) is 6.54. The summed E-state index contributed by atoms with van der Waals surface area (Å²) in [5, 5.41) is 1.24. The van der Waals surface area contributed by atoms with Crippen molar-refractivity contribution in [1.82, 2.24) is 19.7 Å². The molecule has 2 aromatic heterocycles. The van der Waals surface area contributed by atoms with Crippen molar-refractivity contribution in [2.45, 2.75) is 38.6 Å². The summed E-state index contributed by atoms with van der Waals surface area (Å²) in [7, 11) is 2.22. The summed E-state index contributed by atoms with van der Waals surface area (Å²) in [5.41, 5.74) is 0. The number of aryl methyl sites for hydroxylation is 1. The highest BCUT2D eigenvalue weighted by atomic mass is 32.1. The van der Waals surface area contributed by atoms with Crippen molar-refractivity contribution in [1.29, 1.82) is 0 Å². The highest BCUT2D eigenvalue weighted by Crippen LogP contribution is 2.33. The molecule has 0 aromatic carbocycles. The molecule has 0 spiro atoms. The standard InChI is InChI=1S/C24H35N5OS/c1-18-16-21-22(31-18)5-8-25-23(21)29-9-3-4-19(17-29)24(30)28-14-12-27(13-15-28)20-6-10-26(2)11-7-20/h5,8,16,19-20H,3-4,6-7,9-15,17H2,1-2H3. The van der Waals surface area contributed by atoms with Gasteiger partial charge in [-0.1, -0.05) is 0 Å². The number of aromatic nitrogens is 1. The zero-order valence-electron chi connectivity index (χ0n) is 18.9. The average molecular weight is 442 g/mol. The van der Waals surface area contributed by atoms with Crippen LogP contribution in [0.2, 0.25) is 0 Å². The quantitative estimate of drug-likeness (QED) is 0.732. The van der Waals surface area contributed by atoms with Gasteiger partial charge in [0.05, 0.1) is 5.92 Å². The van der Waals surface area contributed by atoms with E-state index in [-0.39, 0.29) is 5.92 Å². The Morgan fingerprint density at radius 2 is 1.84 bits per heavy atom. The second-order valence-electron chi connectivity index (χ2n) is 9.58. The number of amides is 1. The number of carbonyl (C=O) groups is 1. The molecule has 31 heavy (non-hydrogen) atoms. The van der Waals surface area contributed by atoms with E-state index in [1.165, 1.54) is 40.9 Å². The van der Waals surface area contributed by atoms with Crippen LogP contribution in [0.5, 0.6) is 0 Å². The molecule has 3 aliphatic heterocycles. The van der Waals surface area contributed by atoms with Crippen LogP contribution < -0.4 is 4.90 Å². The number of carbonyl (C=O) groups excluding carboxylic acids is 1. The van der Waals surface area contributed by atoms with Gasteiger partial charge in [-0.3, -0.25) is 9.69 Å². The highest BCUT2D eigenvalue weighted by Gasteiger charge is 2.33. The third-order valence-electron chi connectivity index (χ3n) is 7.45. The number of hydrogen-bond acceptors (Lipinski definition) is 6. The molecule has 0 radical (unpaired) electrons. The van der Waals surface area contributed by atoms with Crippen molar-refractivity contribution >= 4 is 33.1 Å². The van der Waals surface area contributed by atoms with Gasteiger partial charge in [0.1, 0.15) is 5.82 Å². The van der Waals surface area contributed by atoms with Gasteiger partial charge < -0.3 is 14.7 Å². The zero-order valence-corrected chi connectivity index (χ0v) is 19.7. The molecule has 1 atom stereocenters. The number of pyridine rings is 1. The lowest BCUT2D eigenvalue weighted by Gasteiger charge is -2.43. The Bertz CT molecular complexity index is 914. The van der Waals surface area contributed by atoms with Gasteiger partial charge in [-0.15, -0.1) is 11.3 Å². The van der Waals surface area contributed by atoms with Crippen molar-refractivity contribution in [2.75, 3.05) is 64.3 Å². The SMILES string of the molecule is Cc1cc2c(N3CCCC(C(=O)N4CCN(C5CCN(C)CC5)CC4)C3)nccc2s1. The maximum absolute atomic E-state index is 13.4. The molecule has 0 N–H and O–H groups in total. The summed E-state index contributed by atoms with van der Waals surface area (Å²) in [4.78, 5) is 29.0. The van der Waals surface area contributed by atoms with Crippen LogP contribution in [-0.2, 0) is 4.79 Å². The van der Waals surface area contributed by atoms with Gasteiger partial charge in [-0.25, -0.2) is 4.98 Å². The maximum Gasteiger partial charge on any atom is 0.227 e. The van der Waals surface area contributed by atoms with Gasteiger partial charge in [0.25, 0.3) is 0 Å². The van der Waals surface area contributed by atoms with Crippen LogP contribution in [0.15, 0.2) is 18.3 Å². The van der Waals surface area contributed by atoms with E-state index in [9.17, 15) is 4.79 Å². The van der Waals surface area contributed by atoms with E-state index in [1.54, 1.807) is 0 Å². The van der Waals surface area contributed by atoms with Crippen molar-refractivity contribution < 1.29 is 4.79 Å². The number of piperidine rings is 2. The number of piperazine rings is 1. The van der Waals surface area contributed by atoms with E-state index in [2.05, 4.69) is 45.7 Å². The van der Waals surface area contributed by atoms with Gasteiger partial charge in [-0.2, -0.15) is 0 Å². The summed E-state index contributed by atoms with van der Waals surface area (Å²) < 4.78 is 1.29. The summed E-state index contributed by atoms with van der Waals surface area (Å²) in [6, 6.07) is 5.06. The minimum absolute atomic E-state index is 0.0976. The molecule has 0 bridgehead atoms. The Balaban J connectivity index is 1.20. The molecule has 1 unspecified atom stereocenters. The molecule has 3 saturated heterocycles. The largest absolute Gasteiger partial charge is 0.355 e. The third kappa shape index (κ3) is 4.45. The van der Waals surface area contributed by atoms with E-state index in [1.807, 2.05) is 17.5 Å². The first-order chi connectivity index (χ1) is 15.1. The van der Waals surface area contributed by atoms with Crippen molar-refractivity contribution in [2.24, 2.45) is 5.92 Å². The van der Waals surface area contributed by atoms with Crippen LogP contribution in [0, 0.1) is 12.8 Å². The van der Waals surface area contributed by atoms with Gasteiger partial charge in [0.15, 0.2) is 0 Å². The highest BCUT2D eigenvalue weighted by molar-refractivity contribution is 7.19. The first-order valence-corrected chi connectivity index (χ1v) is 12.7. The molecule has 0 aliphatic carbocycles. The van der Waals surface area contributed by atoms with E-state index in [0.29, 0.717) is 11.9 Å². The summed E-state index contributed by atoms with van der Waals surface area (Å²) in [6.07, 6.45) is 6.52. The predicted octanol–water partition coefficient (Wildman–Crippen LogP) is 3.06. The number of likely N-dealkylation sites (tertiary alicyclic amines) is 1. The number of anilines is 1. The van der Waals surface area contributed by atoms with Crippen LogP contribution >= 0.6 is 11.3 Å². The fraction of sp³-hybridized carbons (Fsp3) is 0.667. The molecule has 5 rings (SSSR count). The molecule has 3 aliphatic rings. The molecule has 7 heteroatoms. The van der Waals surface area contributed by atoms with Gasteiger partial charge in [0, 0.05) is 66.5 Å². The Hall–Kier alpha value is -1.70. The van der Waals surface area contributed by atoms with Crippen LogP contribution in [-0.4, -0.2) is 91.0 Å². The van der Waals surface area contributed by atoms with Gasteiger partial charge >= 0.3 is 0 Å². The average Bonchev–Trinajstić information content (AvgIpc) is 3.19. The normalized spacial score (nSPS) is 24.8. The number of thiophene rings is 1. The lowest BCUT2D eigenvalue weighted by Crippen LogP contribution is -2.56. The van der Waals surface area contributed by atoms with Gasteiger partial charge in [-0.05, 0) is 64.9 Å². The predicted molar refractivity (Wildman–Crippen MR) is 128 cm³/mol. The molecule has 168 valence electrons. The Labute approximate surface area is 189 Å². The second-order valence-corrected chi connectivity index (χ2v) is 10.9. The maximum atomic E-state index is 13.4. The lowest BCUT2D eigenvalue weighted by molar-refractivity contribution is -0.138. The Morgan fingerprint density at radius 3 is 2.61 bits per heavy atom. The molecule has 2 aromatic rings. The Morgan fingerprint density at radius 1 is 1.06 bits per heavy atom. The molecule has 5 heterocycles. The second kappa shape index (κ2) is 9.04. The minimum Gasteiger partial charge on any atom is -0.355 e. The summed E-state index contributed by atoms with van der Waals surface area (Å²) >= 11 is 1.82. The summed E-state index contributed by atoms with van der Waals surface area (Å²) in [5.74, 6) is 1.52. The molecular weight excluding hydrogens is 406 g/mol. The fourth-order valence-electron chi connectivity index (χ4n) is 5.62. The van der Waals surface area contributed by atoms with E-state index in [0.717, 1.165) is 57.9 Å². The van der Waals surface area contributed by atoms with Gasteiger partial charge in [0.2, 0.25) is 5.91 Å². The zero-order chi connectivity index (χ0) is 21.4. The lowest BCUT2D eigenvalue weighted by atomic mass is 9.95. The van der Waals surface area contributed by atoms with E-state index >= 15 is 0 Å². The monoisotopic (exact) mass is 441 g/mol. The number of hydrogen-bond donors (Lipinski definition) is 0. The smallest absolute Gasteiger partial charge is 0.227 e. The van der Waals surface area contributed by atoms with Crippen LogP contribution in [0.25, 0.3) is 10.1 Å². The molecule has 1 amide bonds. The van der Waals surface area contributed by atoms with Crippen LogP contribution in [0.4, 0.5) is 5.82 Å². The summed E-state index contributed by atoms with van der Waals surface area (Å²) in [6.45, 7) is 10.2. The van der Waals surface area contributed by atoms with E-state index < -0.39 is 0 Å². The van der Waals surface area contributed by atoms with Crippen LogP contribution in [0.1, 0.15) is 30.6 Å². The molecule has 0 saturated carbocycles. The van der Waals surface area contributed by atoms with Crippen molar-refractivity contribution in [3.05, 3.63) is 23.2 Å². The topological polar surface area (TPSA) is 42.9 Å². The molecule has 6 nitrogen and oxygen atoms in total. The molecular formula is C24H35N5OS. The van der Waals surface area contributed by atoms with Crippen molar-refractivity contribution in [3.63, 3.8) is 0 Å². The van der Waals surface area contributed by atoms with E-state index in [4.69, 9.17) is 4.98 Å². The number of rotatable bonds is 3. The first kappa shape index (κ1) is 21.2. The van der Waals surface area contributed by atoms with Crippen LogP contribution in [0.3, 0.4) is 0 Å². The minimum atomic E-state index is 0.0976. The number of nitrogens with zero attached hydrogens (tertiary/aromatic N) is 5. The third-order valence-corrected chi connectivity index (χ3v) is 8.46. The molecule has 3 fully saturated rings. The number of fused-ring (bicyclic) bond motifs is 1. The Kier molecular flexibility index (Phi) is 6.17. The van der Waals surface area contributed by atoms with Crippen molar-refractivity contribution in [3.8, 4) is 0 Å².